The minimum absolute atomic E-state index is 0.175. The van der Waals surface area contributed by atoms with Crippen LogP contribution >= 0.6 is 0 Å². The second kappa shape index (κ2) is 9.54. The third kappa shape index (κ3) is 5.44. The van der Waals surface area contributed by atoms with E-state index in [0.29, 0.717) is 17.5 Å². The van der Waals surface area contributed by atoms with Crippen molar-refractivity contribution in [3.8, 4) is 0 Å². The van der Waals surface area contributed by atoms with Crippen LogP contribution in [0.25, 0.3) is 0 Å². The van der Waals surface area contributed by atoms with Crippen LogP contribution in [0, 0.1) is 27.9 Å². The van der Waals surface area contributed by atoms with Crippen molar-refractivity contribution in [2.45, 2.75) is 64.8 Å². The summed E-state index contributed by atoms with van der Waals surface area (Å²) < 4.78 is 0. The van der Waals surface area contributed by atoms with Crippen LogP contribution in [-0.4, -0.2) is 35.5 Å². The van der Waals surface area contributed by atoms with Crippen molar-refractivity contribution >= 4 is 11.4 Å². The monoisotopic (exact) mass is 373 g/mol. The molecule has 5 nitrogen and oxygen atoms in total. The topological polar surface area (TPSA) is 58.4 Å². The molecule has 1 aromatic rings. The molecule has 1 aliphatic heterocycles. The predicted octanol–water partition coefficient (Wildman–Crippen LogP) is 5.32. The van der Waals surface area contributed by atoms with Crippen LogP contribution in [0.3, 0.4) is 0 Å². The average molecular weight is 374 g/mol. The number of para-hydroxylation sites is 2. The molecule has 1 N–H and O–H groups in total. The lowest BCUT2D eigenvalue weighted by atomic mass is 9.84. The zero-order valence-electron chi connectivity index (χ0n) is 16.9. The molecule has 3 rings (SSSR count). The molecule has 2 aliphatic rings. The van der Waals surface area contributed by atoms with Crippen molar-refractivity contribution in [1.29, 1.82) is 0 Å². The van der Waals surface area contributed by atoms with E-state index in [9.17, 15) is 10.1 Å². The van der Waals surface area contributed by atoms with E-state index in [2.05, 4.69) is 24.1 Å². The molecule has 3 atom stereocenters. The molecule has 1 saturated carbocycles. The smallest absolute Gasteiger partial charge is 0.292 e. The molecule has 27 heavy (non-hydrogen) atoms. The highest BCUT2D eigenvalue weighted by Crippen LogP contribution is 2.31. The van der Waals surface area contributed by atoms with Gasteiger partial charge in [-0.25, -0.2) is 0 Å². The summed E-state index contributed by atoms with van der Waals surface area (Å²) in [6.45, 7) is 7.96. The van der Waals surface area contributed by atoms with E-state index >= 15 is 0 Å². The standard InChI is InChI=1S/C22H35N3O2/c1-17-14-24(16-19-10-6-4-3-5-7-11-19)15-18(2)22(17)23-20-12-8-9-13-21(20)25(26)27/h8-9,12-13,17-19,22-23H,3-7,10-11,14-16H2,1-2H3/t17-,18+,22?. The second-order valence-electron chi connectivity index (χ2n) is 8.83. The Balaban J connectivity index is 1.59. The predicted molar refractivity (Wildman–Crippen MR) is 111 cm³/mol. The van der Waals surface area contributed by atoms with Crippen molar-refractivity contribution in [2.75, 3.05) is 25.0 Å². The van der Waals surface area contributed by atoms with Crippen LogP contribution in [0.15, 0.2) is 24.3 Å². The number of hydrogen-bond donors (Lipinski definition) is 1. The van der Waals surface area contributed by atoms with Gasteiger partial charge in [0.1, 0.15) is 5.69 Å². The van der Waals surface area contributed by atoms with Gasteiger partial charge in [-0.15, -0.1) is 0 Å². The maximum atomic E-state index is 11.3. The fraction of sp³-hybridized carbons (Fsp3) is 0.727. The highest BCUT2D eigenvalue weighted by molar-refractivity contribution is 5.61. The number of likely N-dealkylation sites (tertiary alicyclic amines) is 1. The van der Waals surface area contributed by atoms with Crippen molar-refractivity contribution in [3.05, 3.63) is 34.4 Å². The van der Waals surface area contributed by atoms with E-state index in [-0.39, 0.29) is 16.7 Å². The molecule has 0 aromatic heterocycles. The first-order chi connectivity index (χ1) is 13.0. The van der Waals surface area contributed by atoms with Crippen molar-refractivity contribution in [3.63, 3.8) is 0 Å². The lowest BCUT2D eigenvalue weighted by Crippen LogP contribution is -2.51. The Morgan fingerprint density at radius 2 is 1.63 bits per heavy atom. The van der Waals surface area contributed by atoms with Crippen LogP contribution in [0.4, 0.5) is 11.4 Å². The molecule has 0 bridgehead atoms. The van der Waals surface area contributed by atoms with Gasteiger partial charge in [0.2, 0.25) is 0 Å². The fourth-order valence-electron chi connectivity index (χ4n) is 5.13. The van der Waals surface area contributed by atoms with Crippen LogP contribution in [0.2, 0.25) is 0 Å². The number of nitro groups is 1. The molecule has 1 aliphatic carbocycles. The summed E-state index contributed by atoms with van der Waals surface area (Å²) in [6, 6.07) is 7.29. The Morgan fingerprint density at radius 1 is 1.04 bits per heavy atom. The highest BCUT2D eigenvalue weighted by Gasteiger charge is 2.33. The van der Waals surface area contributed by atoms with Gasteiger partial charge in [-0.05, 0) is 36.7 Å². The minimum Gasteiger partial charge on any atom is -0.376 e. The third-order valence-corrected chi connectivity index (χ3v) is 6.48. The molecule has 0 radical (unpaired) electrons. The summed E-state index contributed by atoms with van der Waals surface area (Å²) >= 11 is 0. The Hall–Kier alpha value is -1.62. The van der Waals surface area contributed by atoms with Crippen LogP contribution in [-0.2, 0) is 0 Å². The molecular weight excluding hydrogens is 338 g/mol. The van der Waals surface area contributed by atoms with E-state index in [1.54, 1.807) is 12.1 Å². The first-order valence-electron chi connectivity index (χ1n) is 10.8. The van der Waals surface area contributed by atoms with Gasteiger partial charge in [0.15, 0.2) is 0 Å². The van der Waals surface area contributed by atoms with Crippen LogP contribution < -0.4 is 5.32 Å². The van der Waals surface area contributed by atoms with Gasteiger partial charge in [-0.3, -0.25) is 10.1 Å². The summed E-state index contributed by atoms with van der Waals surface area (Å²) in [6.07, 6.45) is 9.80. The molecule has 1 unspecified atom stereocenters. The Morgan fingerprint density at radius 3 is 2.26 bits per heavy atom. The number of hydrogen-bond acceptors (Lipinski definition) is 4. The fourth-order valence-corrected chi connectivity index (χ4v) is 5.13. The molecule has 0 amide bonds. The maximum Gasteiger partial charge on any atom is 0.292 e. The van der Waals surface area contributed by atoms with E-state index in [4.69, 9.17) is 0 Å². The molecule has 1 saturated heterocycles. The SMILES string of the molecule is C[C@@H]1CN(CC2CCCCCCC2)C[C@H](C)C1Nc1ccccc1[N+](=O)[O-]. The van der Waals surface area contributed by atoms with Crippen LogP contribution in [0.5, 0.6) is 0 Å². The summed E-state index contributed by atoms with van der Waals surface area (Å²) in [5.41, 5.74) is 0.827. The molecule has 150 valence electrons. The van der Waals surface area contributed by atoms with Crippen LogP contribution in [0.1, 0.15) is 58.8 Å². The Bertz CT molecular complexity index is 601. The first kappa shape index (κ1) is 20.1. The number of nitrogens with zero attached hydrogens (tertiary/aromatic N) is 2. The lowest BCUT2D eigenvalue weighted by Gasteiger charge is -2.43. The quantitative estimate of drug-likeness (QED) is 0.560. The molecule has 5 heteroatoms. The summed E-state index contributed by atoms with van der Waals surface area (Å²) in [7, 11) is 0. The van der Waals surface area contributed by atoms with Crippen molar-refractivity contribution in [2.24, 2.45) is 17.8 Å². The first-order valence-corrected chi connectivity index (χ1v) is 10.8. The van der Waals surface area contributed by atoms with Crippen molar-refractivity contribution < 1.29 is 4.92 Å². The number of nitro benzene ring substituents is 1. The second-order valence-corrected chi connectivity index (χ2v) is 8.83. The third-order valence-electron chi connectivity index (χ3n) is 6.48. The number of nitrogens with one attached hydrogen (secondary N) is 1. The zero-order chi connectivity index (χ0) is 19.2. The van der Waals surface area contributed by atoms with Gasteiger partial charge in [0, 0.05) is 31.7 Å². The van der Waals surface area contributed by atoms with E-state index < -0.39 is 0 Å². The van der Waals surface area contributed by atoms with Gasteiger partial charge in [-0.2, -0.15) is 0 Å². The summed E-state index contributed by atoms with van der Waals surface area (Å²) in [5.74, 6) is 1.80. The number of piperidine rings is 1. The largest absolute Gasteiger partial charge is 0.376 e. The lowest BCUT2D eigenvalue weighted by molar-refractivity contribution is -0.384. The maximum absolute atomic E-state index is 11.3. The van der Waals surface area contributed by atoms with Gasteiger partial charge >= 0.3 is 0 Å². The highest BCUT2D eigenvalue weighted by atomic mass is 16.6. The van der Waals surface area contributed by atoms with E-state index in [1.165, 1.54) is 51.5 Å². The number of benzene rings is 1. The summed E-state index contributed by atoms with van der Waals surface area (Å²) in [4.78, 5) is 13.7. The van der Waals surface area contributed by atoms with Gasteiger partial charge in [0.25, 0.3) is 5.69 Å². The Kier molecular flexibility index (Phi) is 7.11. The van der Waals surface area contributed by atoms with Crippen molar-refractivity contribution in [1.82, 2.24) is 4.90 Å². The molecule has 1 heterocycles. The normalized spacial score (nSPS) is 28.3. The van der Waals surface area contributed by atoms with E-state index in [1.807, 2.05) is 12.1 Å². The molecule has 2 fully saturated rings. The van der Waals surface area contributed by atoms with Gasteiger partial charge in [0.05, 0.1) is 4.92 Å². The van der Waals surface area contributed by atoms with Gasteiger partial charge < -0.3 is 10.2 Å². The number of anilines is 1. The van der Waals surface area contributed by atoms with Gasteiger partial charge in [-0.1, -0.05) is 58.1 Å². The number of rotatable bonds is 5. The average Bonchev–Trinajstić information content (AvgIpc) is 2.60. The summed E-state index contributed by atoms with van der Waals surface area (Å²) in [5, 5.41) is 14.8. The molecule has 1 aromatic carbocycles. The minimum atomic E-state index is -0.290. The molecule has 0 spiro atoms. The zero-order valence-corrected chi connectivity index (χ0v) is 16.9. The molecular formula is C22H35N3O2. The van der Waals surface area contributed by atoms with E-state index in [0.717, 1.165) is 19.0 Å². The Labute approximate surface area is 163 Å².